The maximum atomic E-state index is 12.2. The van der Waals surface area contributed by atoms with Gasteiger partial charge in [-0.15, -0.1) is 0 Å². The van der Waals surface area contributed by atoms with Gasteiger partial charge in [0.1, 0.15) is 0 Å². The van der Waals surface area contributed by atoms with Crippen molar-refractivity contribution in [3.63, 3.8) is 0 Å². The lowest BCUT2D eigenvalue weighted by Crippen LogP contribution is -2.39. The highest BCUT2D eigenvalue weighted by Gasteiger charge is 2.16. The molecule has 4 heteroatoms. The van der Waals surface area contributed by atoms with Crippen LogP contribution in [0.3, 0.4) is 0 Å². The standard InChI is InChI=1S/C17H23N3O/c1-17(2,3)10-14(18)11-20-16(21)13-6-7-15-12(9-13)5-4-8-19-15/h4-9,14H,10-11,18H2,1-3H3,(H,20,21). The van der Waals surface area contributed by atoms with Gasteiger partial charge in [0.15, 0.2) is 0 Å². The number of hydrogen-bond acceptors (Lipinski definition) is 3. The zero-order valence-electron chi connectivity index (χ0n) is 12.9. The summed E-state index contributed by atoms with van der Waals surface area (Å²) in [5.41, 5.74) is 7.74. The Morgan fingerprint density at radius 2 is 2.10 bits per heavy atom. The van der Waals surface area contributed by atoms with Crippen molar-refractivity contribution in [2.75, 3.05) is 6.54 Å². The SMILES string of the molecule is CC(C)(C)CC(N)CNC(=O)c1ccc2ncccc2c1. The Morgan fingerprint density at radius 1 is 1.33 bits per heavy atom. The van der Waals surface area contributed by atoms with Gasteiger partial charge < -0.3 is 11.1 Å². The summed E-state index contributed by atoms with van der Waals surface area (Å²) in [6, 6.07) is 9.29. The van der Waals surface area contributed by atoms with Crippen molar-refractivity contribution in [2.24, 2.45) is 11.1 Å². The fraction of sp³-hybridized carbons (Fsp3) is 0.412. The van der Waals surface area contributed by atoms with Crippen molar-refractivity contribution in [3.8, 4) is 0 Å². The minimum absolute atomic E-state index is 0.0314. The van der Waals surface area contributed by atoms with E-state index in [1.54, 1.807) is 12.3 Å². The lowest BCUT2D eigenvalue weighted by atomic mass is 9.88. The third-order valence-electron chi connectivity index (χ3n) is 3.26. The number of benzene rings is 1. The largest absolute Gasteiger partial charge is 0.350 e. The maximum Gasteiger partial charge on any atom is 0.251 e. The second-order valence-corrected chi connectivity index (χ2v) is 6.65. The van der Waals surface area contributed by atoms with Gasteiger partial charge in [-0.05, 0) is 36.1 Å². The quantitative estimate of drug-likeness (QED) is 0.907. The first kappa shape index (κ1) is 15.4. The van der Waals surface area contributed by atoms with Gasteiger partial charge in [-0.3, -0.25) is 9.78 Å². The number of pyridine rings is 1. The van der Waals surface area contributed by atoms with E-state index in [9.17, 15) is 4.79 Å². The van der Waals surface area contributed by atoms with E-state index in [1.165, 1.54) is 0 Å². The highest BCUT2D eigenvalue weighted by Crippen LogP contribution is 2.19. The fourth-order valence-corrected chi connectivity index (χ4v) is 2.40. The van der Waals surface area contributed by atoms with Gasteiger partial charge in [0.25, 0.3) is 5.91 Å². The Bertz CT molecular complexity index is 631. The van der Waals surface area contributed by atoms with Crippen LogP contribution in [0.5, 0.6) is 0 Å². The topological polar surface area (TPSA) is 68.0 Å². The first-order valence-corrected chi connectivity index (χ1v) is 7.24. The van der Waals surface area contributed by atoms with Crippen molar-refractivity contribution >= 4 is 16.8 Å². The van der Waals surface area contributed by atoms with Gasteiger partial charge in [-0.1, -0.05) is 26.8 Å². The third kappa shape index (κ3) is 4.53. The molecule has 4 nitrogen and oxygen atoms in total. The molecule has 2 rings (SSSR count). The molecule has 112 valence electrons. The number of fused-ring (bicyclic) bond motifs is 1. The molecule has 0 saturated heterocycles. The van der Waals surface area contributed by atoms with Crippen LogP contribution in [0.25, 0.3) is 10.9 Å². The normalized spacial score (nSPS) is 13.1. The van der Waals surface area contributed by atoms with Crippen LogP contribution in [0.2, 0.25) is 0 Å². The van der Waals surface area contributed by atoms with Crippen molar-refractivity contribution in [3.05, 3.63) is 42.1 Å². The van der Waals surface area contributed by atoms with Crippen LogP contribution in [0.15, 0.2) is 36.5 Å². The first-order chi connectivity index (χ1) is 9.85. The number of amides is 1. The number of rotatable bonds is 4. The van der Waals surface area contributed by atoms with Crippen LogP contribution in [-0.4, -0.2) is 23.5 Å². The molecule has 2 aromatic rings. The molecule has 1 unspecified atom stereocenters. The molecule has 0 spiro atoms. The average molecular weight is 285 g/mol. The fourth-order valence-electron chi connectivity index (χ4n) is 2.40. The summed E-state index contributed by atoms with van der Waals surface area (Å²) in [7, 11) is 0. The summed E-state index contributed by atoms with van der Waals surface area (Å²) in [4.78, 5) is 16.4. The third-order valence-corrected chi connectivity index (χ3v) is 3.26. The molecule has 0 aliphatic rings. The number of carbonyl (C=O) groups is 1. The molecule has 0 radical (unpaired) electrons. The zero-order valence-corrected chi connectivity index (χ0v) is 12.9. The summed E-state index contributed by atoms with van der Waals surface area (Å²) in [5, 5.41) is 3.86. The van der Waals surface area contributed by atoms with Gasteiger partial charge in [-0.2, -0.15) is 0 Å². The Kier molecular flexibility index (Phi) is 4.58. The van der Waals surface area contributed by atoms with E-state index in [0.717, 1.165) is 17.3 Å². The molecule has 0 saturated carbocycles. The highest BCUT2D eigenvalue weighted by molar-refractivity contribution is 5.97. The number of aromatic nitrogens is 1. The number of nitrogens with zero attached hydrogens (tertiary/aromatic N) is 1. The van der Waals surface area contributed by atoms with E-state index in [-0.39, 0.29) is 17.4 Å². The average Bonchev–Trinajstić information content (AvgIpc) is 2.42. The Balaban J connectivity index is 1.99. The van der Waals surface area contributed by atoms with Crippen LogP contribution in [0.1, 0.15) is 37.6 Å². The molecule has 0 fully saturated rings. The summed E-state index contributed by atoms with van der Waals surface area (Å²) in [5.74, 6) is -0.0925. The molecule has 1 amide bonds. The summed E-state index contributed by atoms with van der Waals surface area (Å²) < 4.78 is 0. The smallest absolute Gasteiger partial charge is 0.251 e. The van der Waals surface area contributed by atoms with E-state index in [1.807, 2.05) is 24.3 Å². The van der Waals surface area contributed by atoms with Crippen LogP contribution >= 0.6 is 0 Å². The van der Waals surface area contributed by atoms with E-state index in [4.69, 9.17) is 5.73 Å². The molecule has 21 heavy (non-hydrogen) atoms. The molecule has 0 bridgehead atoms. The van der Waals surface area contributed by atoms with Crippen LogP contribution in [0.4, 0.5) is 0 Å². The minimum Gasteiger partial charge on any atom is -0.350 e. The molecule has 0 aliphatic carbocycles. The predicted octanol–water partition coefficient (Wildman–Crippen LogP) is 2.73. The monoisotopic (exact) mass is 285 g/mol. The minimum atomic E-state index is -0.0925. The Morgan fingerprint density at radius 3 is 2.81 bits per heavy atom. The van der Waals surface area contributed by atoms with E-state index in [2.05, 4.69) is 31.1 Å². The zero-order chi connectivity index (χ0) is 15.5. The van der Waals surface area contributed by atoms with Crippen molar-refractivity contribution in [1.29, 1.82) is 0 Å². The molecule has 0 aliphatic heterocycles. The Hall–Kier alpha value is -1.94. The lowest BCUT2D eigenvalue weighted by Gasteiger charge is -2.23. The summed E-state index contributed by atoms with van der Waals surface area (Å²) in [6.45, 7) is 6.92. The van der Waals surface area contributed by atoms with Gasteiger partial charge in [0.05, 0.1) is 5.52 Å². The highest BCUT2D eigenvalue weighted by atomic mass is 16.1. The Labute approximate surface area is 125 Å². The molecule has 1 heterocycles. The number of carbonyl (C=O) groups excluding carboxylic acids is 1. The number of nitrogens with two attached hydrogens (primary N) is 1. The van der Waals surface area contributed by atoms with Gasteiger partial charge in [0.2, 0.25) is 0 Å². The summed E-state index contributed by atoms with van der Waals surface area (Å²) >= 11 is 0. The van der Waals surface area contributed by atoms with E-state index in [0.29, 0.717) is 12.1 Å². The number of hydrogen-bond donors (Lipinski definition) is 2. The molecule has 3 N–H and O–H groups in total. The van der Waals surface area contributed by atoms with Crippen molar-refractivity contribution < 1.29 is 4.79 Å². The second-order valence-electron chi connectivity index (χ2n) is 6.65. The summed E-state index contributed by atoms with van der Waals surface area (Å²) in [6.07, 6.45) is 2.61. The first-order valence-electron chi connectivity index (χ1n) is 7.24. The second kappa shape index (κ2) is 6.22. The van der Waals surface area contributed by atoms with E-state index >= 15 is 0 Å². The van der Waals surface area contributed by atoms with Crippen LogP contribution in [-0.2, 0) is 0 Å². The molecule has 1 atom stereocenters. The van der Waals surface area contributed by atoms with Gasteiger partial charge in [-0.25, -0.2) is 0 Å². The van der Waals surface area contributed by atoms with E-state index < -0.39 is 0 Å². The molecular formula is C17H23N3O. The maximum absolute atomic E-state index is 12.2. The van der Waals surface area contributed by atoms with Crippen molar-refractivity contribution in [1.82, 2.24) is 10.3 Å². The predicted molar refractivity (Wildman–Crippen MR) is 86.1 cm³/mol. The van der Waals surface area contributed by atoms with Gasteiger partial charge >= 0.3 is 0 Å². The van der Waals surface area contributed by atoms with Crippen LogP contribution in [0, 0.1) is 5.41 Å². The van der Waals surface area contributed by atoms with Gasteiger partial charge in [0, 0.05) is 29.7 Å². The number of nitrogens with one attached hydrogen (secondary N) is 1. The lowest BCUT2D eigenvalue weighted by molar-refractivity contribution is 0.0949. The molecular weight excluding hydrogens is 262 g/mol. The van der Waals surface area contributed by atoms with Crippen LogP contribution < -0.4 is 11.1 Å². The molecule has 1 aromatic heterocycles. The molecule has 1 aromatic carbocycles. The van der Waals surface area contributed by atoms with Crippen molar-refractivity contribution in [2.45, 2.75) is 33.2 Å².